The molecule has 0 bridgehead atoms. The summed E-state index contributed by atoms with van der Waals surface area (Å²) in [6, 6.07) is 6.65. The van der Waals surface area contributed by atoms with Gasteiger partial charge in [0.2, 0.25) is 10.0 Å². The fourth-order valence-corrected chi connectivity index (χ4v) is 5.95. The van der Waals surface area contributed by atoms with E-state index in [0.29, 0.717) is 25.2 Å². The van der Waals surface area contributed by atoms with Crippen molar-refractivity contribution in [1.29, 1.82) is 0 Å². The first-order chi connectivity index (χ1) is 13.7. The molecule has 0 saturated carbocycles. The van der Waals surface area contributed by atoms with E-state index >= 15 is 0 Å². The Hall–Kier alpha value is -1.48. The van der Waals surface area contributed by atoms with Gasteiger partial charge in [-0.15, -0.1) is 0 Å². The van der Waals surface area contributed by atoms with Gasteiger partial charge in [0.15, 0.2) is 0 Å². The van der Waals surface area contributed by atoms with Gasteiger partial charge in [-0.25, -0.2) is 8.42 Å². The number of hydrogen-bond donors (Lipinski definition) is 0. The number of amides is 1. The van der Waals surface area contributed by atoms with Crippen LogP contribution in [0.25, 0.3) is 0 Å². The summed E-state index contributed by atoms with van der Waals surface area (Å²) < 4.78 is 33.5. The lowest BCUT2D eigenvalue weighted by atomic mass is 10.0. The minimum absolute atomic E-state index is 0.0858. The lowest BCUT2D eigenvalue weighted by Gasteiger charge is -2.37. The summed E-state index contributed by atoms with van der Waals surface area (Å²) in [7, 11) is 0.345. The SMILES string of the molecule is C[C@@H]1CN(S(=O)(=O)c2cccc(C(=O)N3CCCC[C@H]3CN(C)C)c2)C[C@@H](C)O1. The summed E-state index contributed by atoms with van der Waals surface area (Å²) >= 11 is 0. The Bertz CT molecular complexity index is 817. The maximum absolute atomic E-state index is 13.2. The van der Waals surface area contributed by atoms with Crippen molar-refractivity contribution in [2.24, 2.45) is 0 Å². The average Bonchev–Trinajstić information content (AvgIpc) is 2.67. The molecule has 1 amide bonds. The molecular weight excluding hydrogens is 390 g/mol. The lowest BCUT2D eigenvalue weighted by Crippen LogP contribution is -2.48. The maximum atomic E-state index is 13.2. The van der Waals surface area contributed by atoms with Gasteiger partial charge in [0, 0.05) is 37.8 Å². The number of carbonyl (C=O) groups excluding carboxylic acids is 1. The van der Waals surface area contributed by atoms with E-state index in [-0.39, 0.29) is 29.1 Å². The highest BCUT2D eigenvalue weighted by molar-refractivity contribution is 7.89. The van der Waals surface area contributed by atoms with E-state index in [2.05, 4.69) is 4.90 Å². The number of carbonyl (C=O) groups is 1. The van der Waals surface area contributed by atoms with Crippen molar-refractivity contribution >= 4 is 15.9 Å². The zero-order valence-corrected chi connectivity index (χ0v) is 18.7. The monoisotopic (exact) mass is 423 g/mol. The van der Waals surface area contributed by atoms with Crippen molar-refractivity contribution in [1.82, 2.24) is 14.1 Å². The number of morpholine rings is 1. The first kappa shape index (κ1) is 22.2. The normalized spacial score (nSPS) is 26.7. The summed E-state index contributed by atoms with van der Waals surface area (Å²) in [5, 5.41) is 0. The van der Waals surface area contributed by atoms with Crippen molar-refractivity contribution in [3.8, 4) is 0 Å². The molecule has 2 fully saturated rings. The van der Waals surface area contributed by atoms with E-state index in [1.165, 1.54) is 10.4 Å². The Labute approximate surface area is 174 Å². The molecule has 0 unspecified atom stereocenters. The van der Waals surface area contributed by atoms with Crippen LogP contribution in [-0.4, -0.2) is 87.0 Å². The van der Waals surface area contributed by atoms with Crippen LogP contribution in [0, 0.1) is 0 Å². The Morgan fingerprint density at radius 3 is 2.52 bits per heavy atom. The summed E-state index contributed by atoms with van der Waals surface area (Å²) in [5.74, 6) is -0.0858. The Morgan fingerprint density at radius 2 is 1.86 bits per heavy atom. The van der Waals surface area contributed by atoms with E-state index in [1.807, 2.05) is 32.8 Å². The van der Waals surface area contributed by atoms with Gasteiger partial charge in [-0.05, 0) is 65.4 Å². The standard InChI is InChI=1S/C21H33N3O4S/c1-16-13-23(14-17(2)28-16)29(26,27)20-10-7-8-18(12-20)21(25)24-11-6-5-9-19(24)15-22(3)4/h7-8,10,12,16-17,19H,5-6,9,11,13-15H2,1-4H3/t16-,17-,19+/m1/s1. The number of likely N-dealkylation sites (tertiary alicyclic amines) is 1. The number of ether oxygens (including phenoxy) is 1. The first-order valence-corrected chi connectivity index (χ1v) is 11.8. The predicted molar refractivity (Wildman–Crippen MR) is 112 cm³/mol. The van der Waals surface area contributed by atoms with Gasteiger partial charge in [-0.1, -0.05) is 6.07 Å². The highest BCUT2D eigenvalue weighted by atomic mass is 32.2. The van der Waals surface area contributed by atoms with Crippen molar-refractivity contribution < 1.29 is 17.9 Å². The van der Waals surface area contributed by atoms with Crippen LogP contribution in [0.5, 0.6) is 0 Å². The molecule has 0 N–H and O–H groups in total. The molecule has 2 heterocycles. The molecule has 3 rings (SSSR count). The highest BCUT2D eigenvalue weighted by Gasteiger charge is 2.33. The Kier molecular flexibility index (Phi) is 6.98. The second kappa shape index (κ2) is 9.12. The average molecular weight is 424 g/mol. The number of piperidine rings is 1. The third-order valence-corrected chi connectivity index (χ3v) is 7.40. The smallest absolute Gasteiger partial charge is 0.254 e. The van der Waals surface area contributed by atoms with Gasteiger partial charge in [0.25, 0.3) is 5.91 Å². The van der Waals surface area contributed by atoms with Crippen LogP contribution in [0.4, 0.5) is 0 Å². The van der Waals surface area contributed by atoms with Gasteiger partial charge in [-0.3, -0.25) is 4.79 Å². The highest BCUT2D eigenvalue weighted by Crippen LogP contribution is 2.24. The second-order valence-electron chi connectivity index (χ2n) is 8.52. The van der Waals surface area contributed by atoms with Crippen LogP contribution in [-0.2, 0) is 14.8 Å². The van der Waals surface area contributed by atoms with Gasteiger partial charge < -0.3 is 14.5 Å². The topological polar surface area (TPSA) is 70.2 Å². The maximum Gasteiger partial charge on any atom is 0.254 e. The van der Waals surface area contributed by atoms with E-state index in [1.54, 1.807) is 18.2 Å². The van der Waals surface area contributed by atoms with Gasteiger partial charge in [0.05, 0.1) is 17.1 Å². The number of benzene rings is 1. The van der Waals surface area contributed by atoms with Crippen LogP contribution in [0.1, 0.15) is 43.5 Å². The first-order valence-electron chi connectivity index (χ1n) is 10.4. The van der Waals surface area contributed by atoms with Crippen LogP contribution in [0.3, 0.4) is 0 Å². The molecule has 29 heavy (non-hydrogen) atoms. The quantitative estimate of drug-likeness (QED) is 0.725. The zero-order valence-electron chi connectivity index (χ0n) is 17.9. The molecule has 1 aromatic carbocycles. The molecule has 0 spiro atoms. The third kappa shape index (κ3) is 5.17. The van der Waals surface area contributed by atoms with E-state index in [9.17, 15) is 13.2 Å². The predicted octanol–water partition coefficient (Wildman–Crippen LogP) is 2.04. The van der Waals surface area contributed by atoms with E-state index in [0.717, 1.165) is 25.8 Å². The zero-order chi connectivity index (χ0) is 21.2. The van der Waals surface area contributed by atoms with E-state index < -0.39 is 10.0 Å². The number of rotatable bonds is 5. The van der Waals surface area contributed by atoms with Crippen molar-refractivity contribution in [3.63, 3.8) is 0 Å². The molecule has 0 aliphatic carbocycles. The summed E-state index contributed by atoms with van der Waals surface area (Å²) in [5.41, 5.74) is 0.436. The molecule has 162 valence electrons. The largest absolute Gasteiger partial charge is 0.373 e. The number of likely N-dealkylation sites (N-methyl/N-ethyl adjacent to an activating group) is 1. The molecule has 1 aromatic rings. The molecule has 0 aromatic heterocycles. The molecule has 0 radical (unpaired) electrons. The van der Waals surface area contributed by atoms with Gasteiger partial charge in [0.1, 0.15) is 0 Å². The minimum atomic E-state index is -3.67. The van der Waals surface area contributed by atoms with Crippen LogP contribution in [0.2, 0.25) is 0 Å². The number of sulfonamides is 1. The van der Waals surface area contributed by atoms with E-state index in [4.69, 9.17) is 4.74 Å². The Balaban J connectivity index is 1.84. The molecule has 8 heteroatoms. The van der Waals surface area contributed by atoms with Gasteiger partial charge in [-0.2, -0.15) is 4.31 Å². The van der Waals surface area contributed by atoms with Crippen molar-refractivity contribution in [3.05, 3.63) is 29.8 Å². The summed E-state index contributed by atoms with van der Waals surface area (Å²) in [6.07, 6.45) is 2.77. The Morgan fingerprint density at radius 1 is 1.17 bits per heavy atom. The van der Waals surface area contributed by atoms with Crippen LogP contribution < -0.4 is 0 Å². The van der Waals surface area contributed by atoms with Gasteiger partial charge >= 0.3 is 0 Å². The lowest BCUT2D eigenvalue weighted by molar-refractivity contribution is -0.0440. The van der Waals surface area contributed by atoms with Crippen LogP contribution in [0.15, 0.2) is 29.2 Å². The van der Waals surface area contributed by atoms with Crippen LogP contribution >= 0.6 is 0 Å². The molecule has 2 aliphatic heterocycles. The molecule has 3 atom stereocenters. The third-order valence-electron chi connectivity index (χ3n) is 5.57. The second-order valence-corrected chi connectivity index (χ2v) is 10.5. The fourth-order valence-electron chi connectivity index (χ4n) is 4.31. The fraction of sp³-hybridized carbons (Fsp3) is 0.667. The van der Waals surface area contributed by atoms with Crippen molar-refractivity contribution in [2.45, 2.75) is 56.3 Å². The van der Waals surface area contributed by atoms with Crippen molar-refractivity contribution in [2.75, 3.05) is 40.3 Å². The molecule has 2 aliphatic rings. The number of hydrogen-bond acceptors (Lipinski definition) is 5. The summed E-state index contributed by atoms with van der Waals surface area (Å²) in [6.45, 7) is 5.92. The molecular formula is C21H33N3O4S. The summed E-state index contributed by atoms with van der Waals surface area (Å²) in [4.78, 5) is 17.4. The molecule has 2 saturated heterocycles. The molecule has 7 nitrogen and oxygen atoms in total. The number of nitrogens with zero attached hydrogens (tertiary/aromatic N) is 3. The minimum Gasteiger partial charge on any atom is -0.373 e.